The lowest BCUT2D eigenvalue weighted by Crippen LogP contribution is -2.13. The first-order chi connectivity index (χ1) is 5.61. The Morgan fingerprint density at radius 1 is 1.42 bits per heavy atom. The lowest BCUT2D eigenvalue weighted by atomic mass is 9.99. The van der Waals surface area contributed by atoms with Crippen LogP contribution in [-0.2, 0) is 9.53 Å². The molecule has 0 aliphatic rings. The van der Waals surface area contributed by atoms with Crippen molar-refractivity contribution >= 4 is 5.78 Å². The van der Waals surface area contributed by atoms with Gasteiger partial charge in [0.25, 0.3) is 0 Å². The first-order valence-electron chi connectivity index (χ1n) is 4.67. The first-order valence-corrected chi connectivity index (χ1v) is 4.67. The highest BCUT2D eigenvalue weighted by Crippen LogP contribution is 2.09. The molecule has 2 atom stereocenters. The van der Waals surface area contributed by atoms with Crippen LogP contribution in [0.3, 0.4) is 0 Å². The summed E-state index contributed by atoms with van der Waals surface area (Å²) >= 11 is 0. The van der Waals surface area contributed by atoms with Gasteiger partial charge in [-0.3, -0.25) is 4.79 Å². The van der Waals surface area contributed by atoms with E-state index in [9.17, 15) is 4.79 Å². The van der Waals surface area contributed by atoms with E-state index in [1.54, 1.807) is 7.11 Å². The molecular weight excluding hydrogens is 152 g/mol. The number of ether oxygens (including phenoxy) is 1. The summed E-state index contributed by atoms with van der Waals surface area (Å²) in [7, 11) is 1.68. The van der Waals surface area contributed by atoms with Crippen LogP contribution in [0.25, 0.3) is 0 Å². The number of hydrogen-bond acceptors (Lipinski definition) is 2. The molecule has 0 fully saturated rings. The maximum absolute atomic E-state index is 11.3. The topological polar surface area (TPSA) is 26.3 Å². The lowest BCUT2D eigenvalue weighted by molar-refractivity contribution is -0.123. The van der Waals surface area contributed by atoms with Crippen molar-refractivity contribution in [3.8, 4) is 0 Å². The van der Waals surface area contributed by atoms with Crippen LogP contribution in [0.15, 0.2) is 0 Å². The quantitative estimate of drug-likeness (QED) is 0.615. The van der Waals surface area contributed by atoms with E-state index >= 15 is 0 Å². The van der Waals surface area contributed by atoms with Crippen LogP contribution < -0.4 is 0 Å². The Bertz CT molecular complexity index is 132. The predicted octanol–water partition coefficient (Wildman–Crippen LogP) is 2.42. The highest BCUT2D eigenvalue weighted by molar-refractivity contribution is 5.80. The van der Waals surface area contributed by atoms with E-state index in [-0.39, 0.29) is 12.0 Å². The molecule has 0 bridgehead atoms. The monoisotopic (exact) mass is 172 g/mol. The Kier molecular flexibility index (Phi) is 5.99. The van der Waals surface area contributed by atoms with Gasteiger partial charge in [-0.05, 0) is 19.8 Å². The second kappa shape index (κ2) is 6.18. The average Bonchev–Trinajstić information content (AvgIpc) is 2.11. The minimum absolute atomic E-state index is 0.206. The number of carbonyl (C=O) groups is 1. The summed E-state index contributed by atoms with van der Waals surface area (Å²) in [5.74, 6) is 0.579. The number of carbonyl (C=O) groups excluding carboxylic acids is 1. The summed E-state index contributed by atoms with van der Waals surface area (Å²) in [5.41, 5.74) is 0. The van der Waals surface area contributed by atoms with E-state index in [4.69, 9.17) is 4.74 Å². The summed E-state index contributed by atoms with van der Waals surface area (Å²) in [6.07, 6.45) is 2.65. The molecule has 0 rings (SSSR count). The van der Waals surface area contributed by atoms with Gasteiger partial charge in [0.2, 0.25) is 0 Å². The summed E-state index contributed by atoms with van der Waals surface area (Å²) in [4.78, 5) is 11.3. The molecule has 72 valence electrons. The van der Waals surface area contributed by atoms with Crippen molar-refractivity contribution in [1.82, 2.24) is 0 Å². The molecule has 2 nitrogen and oxygen atoms in total. The minimum atomic E-state index is 0.206. The molecule has 0 aliphatic carbocycles. The summed E-state index contributed by atoms with van der Waals surface area (Å²) < 4.78 is 5.06. The fourth-order valence-electron chi connectivity index (χ4n) is 0.937. The second-order valence-corrected chi connectivity index (χ2v) is 3.36. The van der Waals surface area contributed by atoms with Crippen molar-refractivity contribution in [3.05, 3.63) is 0 Å². The molecule has 0 aromatic rings. The number of methoxy groups -OCH3 is 1. The van der Waals surface area contributed by atoms with E-state index in [1.807, 2.05) is 20.8 Å². The molecule has 0 saturated heterocycles. The highest BCUT2D eigenvalue weighted by atomic mass is 16.5. The van der Waals surface area contributed by atoms with Crippen LogP contribution in [0.2, 0.25) is 0 Å². The van der Waals surface area contributed by atoms with Gasteiger partial charge >= 0.3 is 0 Å². The van der Waals surface area contributed by atoms with E-state index < -0.39 is 0 Å². The van der Waals surface area contributed by atoms with Crippen molar-refractivity contribution in [3.63, 3.8) is 0 Å². The second-order valence-electron chi connectivity index (χ2n) is 3.36. The molecule has 12 heavy (non-hydrogen) atoms. The van der Waals surface area contributed by atoms with Gasteiger partial charge < -0.3 is 4.74 Å². The van der Waals surface area contributed by atoms with Crippen molar-refractivity contribution in [1.29, 1.82) is 0 Å². The van der Waals surface area contributed by atoms with E-state index in [0.29, 0.717) is 12.2 Å². The van der Waals surface area contributed by atoms with Crippen LogP contribution in [0.5, 0.6) is 0 Å². The van der Waals surface area contributed by atoms with Gasteiger partial charge in [-0.15, -0.1) is 0 Å². The van der Waals surface area contributed by atoms with Gasteiger partial charge in [0.15, 0.2) is 0 Å². The minimum Gasteiger partial charge on any atom is -0.382 e. The zero-order valence-electron chi connectivity index (χ0n) is 8.59. The third kappa shape index (κ3) is 4.50. The SMILES string of the molecule is CCC(C)C(=O)CCC(C)OC. The summed E-state index contributed by atoms with van der Waals surface area (Å²) in [6.45, 7) is 6.02. The zero-order valence-corrected chi connectivity index (χ0v) is 8.59. The van der Waals surface area contributed by atoms with Crippen LogP contribution >= 0.6 is 0 Å². The first kappa shape index (κ1) is 11.6. The fourth-order valence-corrected chi connectivity index (χ4v) is 0.937. The molecule has 0 radical (unpaired) electrons. The maximum atomic E-state index is 11.3. The van der Waals surface area contributed by atoms with Crippen LogP contribution in [0.4, 0.5) is 0 Å². The van der Waals surface area contributed by atoms with Crippen molar-refractivity contribution in [2.45, 2.75) is 46.1 Å². The fraction of sp³-hybridized carbons (Fsp3) is 0.900. The summed E-state index contributed by atoms with van der Waals surface area (Å²) in [6, 6.07) is 0. The van der Waals surface area contributed by atoms with Gasteiger partial charge in [-0.1, -0.05) is 13.8 Å². The molecule has 0 saturated carbocycles. The number of Topliss-reactive ketones (excluding diaryl/α,β-unsaturated/α-hetero) is 1. The number of rotatable bonds is 6. The van der Waals surface area contributed by atoms with Crippen molar-refractivity contribution < 1.29 is 9.53 Å². The molecule has 2 heteroatoms. The highest BCUT2D eigenvalue weighted by Gasteiger charge is 2.11. The van der Waals surface area contributed by atoms with Crippen LogP contribution in [-0.4, -0.2) is 19.0 Å². The van der Waals surface area contributed by atoms with Gasteiger partial charge in [0, 0.05) is 19.4 Å². The van der Waals surface area contributed by atoms with Gasteiger partial charge in [0.05, 0.1) is 6.10 Å². The molecule has 0 heterocycles. The molecular formula is C10H20O2. The average molecular weight is 172 g/mol. The molecule has 0 aliphatic heterocycles. The molecule has 0 aromatic carbocycles. The third-order valence-electron chi connectivity index (χ3n) is 2.36. The Morgan fingerprint density at radius 2 is 2.00 bits per heavy atom. The third-order valence-corrected chi connectivity index (χ3v) is 2.36. The van der Waals surface area contributed by atoms with E-state index in [0.717, 1.165) is 12.8 Å². The number of hydrogen-bond donors (Lipinski definition) is 0. The Hall–Kier alpha value is -0.370. The van der Waals surface area contributed by atoms with Crippen LogP contribution in [0.1, 0.15) is 40.0 Å². The van der Waals surface area contributed by atoms with Crippen molar-refractivity contribution in [2.24, 2.45) is 5.92 Å². The zero-order chi connectivity index (χ0) is 9.56. The largest absolute Gasteiger partial charge is 0.382 e. The smallest absolute Gasteiger partial charge is 0.135 e. The Balaban J connectivity index is 3.56. The van der Waals surface area contributed by atoms with Gasteiger partial charge in [-0.2, -0.15) is 0 Å². The molecule has 2 unspecified atom stereocenters. The van der Waals surface area contributed by atoms with Crippen molar-refractivity contribution in [2.75, 3.05) is 7.11 Å². The number of ketones is 1. The Labute approximate surface area is 75.3 Å². The lowest BCUT2D eigenvalue weighted by Gasteiger charge is -2.10. The standard InChI is InChI=1S/C10H20O2/c1-5-8(2)10(11)7-6-9(3)12-4/h8-9H,5-7H2,1-4H3. The van der Waals surface area contributed by atoms with E-state index in [2.05, 4.69) is 0 Å². The summed E-state index contributed by atoms with van der Waals surface area (Å²) in [5, 5.41) is 0. The molecule has 0 N–H and O–H groups in total. The van der Waals surface area contributed by atoms with Crippen LogP contribution in [0, 0.1) is 5.92 Å². The van der Waals surface area contributed by atoms with Gasteiger partial charge in [-0.25, -0.2) is 0 Å². The van der Waals surface area contributed by atoms with E-state index in [1.165, 1.54) is 0 Å². The molecule has 0 spiro atoms. The molecule has 0 aromatic heterocycles. The predicted molar refractivity (Wildman–Crippen MR) is 50.2 cm³/mol. The Morgan fingerprint density at radius 3 is 2.42 bits per heavy atom. The normalized spacial score (nSPS) is 15.7. The maximum Gasteiger partial charge on any atom is 0.135 e. The molecule has 0 amide bonds. The van der Waals surface area contributed by atoms with Gasteiger partial charge in [0.1, 0.15) is 5.78 Å².